The van der Waals surface area contributed by atoms with E-state index in [0.29, 0.717) is 17.9 Å². The zero-order valence-electron chi connectivity index (χ0n) is 11.8. The van der Waals surface area contributed by atoms with Crippen molar-refractivity contribution in [1.82, 2.24) is 20.0 Å². The summed E-state index contributed by atoms with van der Waals surface area (Å²) in [6.45, 7) is 2.22. The molecule has 0 radical (unpaired) electrons. The van der Waals surface area contributed by atoms with Gasteiger partial charge in [-0.15, -0.1) is 0 Å². The molecule has 4 atom stereocenters. The van der Waals surface area contributed by atoms with Gasteiger partial charge in [0.2, 0.25) is 0 Å². The molecule has 4 unspecified atom stereocenters. The van der Waals surface area contributed by atoms with Crippen LogP contribution in [0.25, 0.3) is 10.9 Å². The van der Waals surface area contributed by atoms with E-state index in [4.69, 9.17) is 0 Å². The molecule has 3 fully saturated rings. The first-order valence-electron chi connectivity index (χ1n) is 7.81. The van der Waals surface area contributed by atoms with Crippen LogP contribution in [0.2, 0.25) is 0 Å². The molecule has 5 rings (SSSR count). The van der Waals surface area contributed by atoms with Gasteiger partial charge < -0.3 is 4.90 Å². The van der Waals surface area contributed by atoms with Gasteiger partial charge in [0, 0.05) is 24.5 Å². The molecule has 1 N–H and O–H groups in total. The Morgan fingerprint density at radius 3 is 3.10 bits per heavy atom. The first-order chi connectivity index (χ1) is 10.3. The van der Waals surface area contributed by atoms with Crippen LogP contribution in [-0.2, 0) is 0 Å². The molecule has 0 saturated carbocycles. The number of piperidine rings is 2. The molecule has 21 heavy (non-hydrogen) atoms. The Balaban J connectivity index is 1.57. The summed E-state index contributed by atoms with van der Waals surface area (Å²) >= 11 is 0. The van der Waals surface area contributed by atoms with E-state index < -0.39 is 0 Å². The Labute approximate surface area is 122 Å². The molecule has 0 aliphatic carbocycles. The van der Waals surface area contributed by atoms with E-state index in [-0.39, 0.29) is 5.91 Å². The third kappa shape index (κ3) is 1.55. The van der Waals surface area contributed by atoms with E-state index in [1.165, 1.54) is 19.4 Å². The van der Waals surface area contributed by atoms with Gasteiger partial charge in [-0.1, -0.05) is 18.2 Å². The minimum atomic E-state index is 0.104. The van der Waals surface area contributed by atoms with E-state index in [1.807, 2.05) is 24.3 Å². The minimum absolute atomic E-state index is 0.104. The first kappa shape index (κ1) is 11.7. The number of aromatic amines is 1. The Morgan fingerprint density at radius 2 is 2.14 bits per heavy atom. The van der Waals surface area contributed by atoms with E-state index in [0.717, 1.165) is 29.8 Å². The highest BCUT2D eigenvalue weighted by atomic mass is 16.2. The number of aromatic nitrogens is 2. The summed E-state index contributed by atoms with van der Waals surface area (Å²) in [6, 6.07) is 8.26. The molecule has 1 aromatic carbocycles. The fourth-order valence-electron chi connectivity index (χ4n) is 4.54. The summed E-state index contributed by atoms with van der Waals surface area (Å²) in [5.74, 6) is 0.890. The number of H-pyrrole nitrogens is 1. The van der Waals surface area contributed by atoms with Gasteiger partial charge in [-0.25, -0.2) is 0 Å². The number of carbonyl (C=O) groups is 1. The Hall–Kier alpha value is -1.88. The molecule has 3 aliphatic heterocycles. The summed E-state index contributed by atoms with van der Waals surface area (Å²) in [5, 5.41) is 8.22. The SMILES string of the molecule is O=C(c1n[nH]c2ccccc12)N1C2CC3CCC1N(C3)C2. The lowest BCUT2D eigenvalue weighted by Crippen LogP contribution is -2.45. The van der Waals surface area contributed by atoms with Crippen molar-refractivity contribution in [2.75, 3.05) is 13.1 Å². The van der Waals surface area contributed by atoms with Crippen LogP contribution in [0.4, 0.5) is 0 Å². The molecule has 3 saturated heterocycles. The summed E-state index contributed by atoms with van der Waals surface area (Å²) in [6.07, 6.45) is 3.86. The number of nitrogens with one attached hydrogen (secondary N) is 1. The average molecular weight is 282 g/mol. The molecule has 5 nitrogen and oxygen atoms in total. The molecule has 3 bridgehead atoms. The van der Waals surface area contributed by atoms with Crippen LogP contribution in [0.3, 0.4) is 0 Å². The summed E-state index contributed by atoms with van der Waals surface area (Å²) < 4.78 is 0. The van der Waals surface area contributed by atoms with Crippen LogP contribution < -0.4 is 0 Å². The molecule has 1 aromatic heterocycles. The second kappa shape index (κ2) is 4.07. The topological polar surface area (TPSA) is 52.2 Å². The van der Waals surface area contributed by atoms with Gasteiger partial charge in [0.05, 0.1) is 11.7 Å². The molecular weight excluding hydrogens is 264 g/mol. The number of para-hydroxylation sites is 1. The number of amides is 1. The van der Waals surface area contributed by atoms with Crippen LogP contribution in [0, 0.1) is 5.92 Å². The maximum atomic E-state index is 13.1. The third-order valence-corrected chi connectivity index (χ3v) is 5.42. The molecule has 0 spiro atoms. The zero-order valence-corrected chi connectivity index (χ0v) is 11.8. The second-order valence-electron chi connectivity index (χ2n) is 6.60. The highest BCUT2D eigenvalue weighted by Crippen LogP contribution is 2.41. The van der Waals surface area contributed by atoms with Crippen molar-refractivity contribution in [1.29, 1.82) is 0 Å². The summed E-state index contributed by atoms with van der Waals surface area (Å²) in [4.78, 5) is 17.7. The van der Waals surface area contributed by atoms with E-state index in [9.17, 15) is 4.79 Å². The van der Waals surface area contributed by atoms with Gasteiger partial charge in [0.15, 0.2) is 5.69 Å². The number of likely N-dealkylation sites (tertiary alicyclic amines) is 1. The van der Waals surface area contributed by atoms with Gasteiger partial charge in [-0.05, 0) is 31.2 Å². The van der Waals surface area contributed by atoms with Crippen molar-refractivity contribution in [3.8, 4) is 0 Å². The van der Waals surface area contributed by atoms with Gasteiger partial charge >= 0.3 is 0 Å². The molecular formula is C16H18N4O. The number of rotatable bonds is 1. The van der Waals surface area contributed by atoms with Crippen LogP contribution >= 0.6 is 0 Å². The zero-order chi connectivity index (χ0) is 14.0. The lowest BCUT2D eigenvalue weighted by molar-refractivity contribution is 0.0546. The predicted molar refractivity (Wildman–Crippen MR) is 78.8 cm³/mol. The first-order valence-corrected chi connectivity index (χ1v) is 7.81. The number of benzene rings is 1. The van der Waals surface area contributed by atoms with Gasteiger partial charge in [-0.3, -0.25) is 14.8 Å². The monoisotopic (exact) mass is 282 g/mol. The molecule has 3 aliphatic rings. The number of hydrogen-bond donors (Lipinski definition) is 1. The second-order valence-corrected chi connectivity index (χ2v) is 6.60. The van der Waals surface area contributed by atoms with Gasteiger partial charge in [-0.2, -0.15) is 5.10 Å². The number of hydrogen-bond acceptors (Lipinski definition) is 3. The Kier molecular flexibility index (Phi) is 2.28. The molecule has 4 heterocycles. The lowest BCUT2D eigenvalue weighted by atomic mass is 9.89. The van der Waals surface area contributed by atoms with E-state index in [2.05, 4.69) is 20.0 Å². The lowest BCUT2D eigenvalue weighted by Gasteiger charge is -2.35. The summed E-state index contributed by atoms with van der Waals surface area (Å²) in [5.41, 5.74) is 1.52. The highest BCUT2D eigenvalue weighted by Gasteiger charge is 2.50. The van der Waals surface area contributed by atoms with E-state index in [1.54, 1.807) is 0 Å². The van der Waals surface area contributed by atoms with Crippen LogP contribution in [0.15, 0.2) is 24.3 Å². The van der Waals surface area contributed by atoms with Crippen LogP contribution in [0.1, 0.15) is 29.8 Å². The molecule has 5 heteroatoms. The Morgan fingerprint density at radius 1 is 1.24 bits per heavy atom. The third-order valence-electron chi connectivity index (χ3n) is 5.42. The largest absolute Gasteiger partial charge is 0.317 e. The van der Waals surface area contributed by atoms with Gasteiger partial charge in [0.1, 0.15) is 0 Å². The fraction of sp³-hybridized carbons (Fsp3) is 0.500. The highest BCUT2D eigenvalue weighted by molar-refractivity contribution is 6.05. The smallest absolute Gasteiger partial charge is 0.276 e. The van der Waals surface area contributed by atoms with Crippen molar-refractivity contribution < 1.29 is 4.79 Å². The number of fused-ring (bicyclic) bond motifs is 3. The predicted octanol–water partition coefficient (Wildman–Crippen LogP) is 1.83. The minimum Gasteiger partial charge on any atom is -0.317 e. The number of carbonyl (C=O) groups excluding carboxylic acids is 1. The van der Waals surface area contributed by atoms with Crippen molar-refractivity contribution in [2.45, 2.75) is 31.5 Å². The van der Waals surface area contributed by atoms with Gasteiger partial charge in [0.25, 0.3) is 5.91 Å². The summed E-state index contributed by atoms with van der Waals surface area (Å²) in [7, 11) is 0. The molecule has 108 valence electrons. The normalized spacial score (nSPS) is 33.8. The quantitative estimate of drug-likeness (QED) is 0.868. The maximum Gasteiger partial charge on any atom is 0.276 e. The number of nitrogens with zero attached hydrogens (tertiary/aromatic N) is 3. The van der Waals surface area contributed by atoms with E-state index >= 15 is 0 Å². The Bertz CT molecular complexity index is 724. The fourth-order valence-corrected chi connectivity index (χ4v) is 4.54. The maximum absolute atomic E-state index is 13.1. The standard InChI is InChI=1S/C16H18N4O/c21-16(15-12-3-1-2-4-13(12)17-18-15)20-11-7-10-5-6-14(20)19(8-10)9-11/h1-4,10-11,14H,5-9H2,(H,17,18). The van der Waals surface area contributed by atoms with Crippen LogP contribution in [-0.4, -0.2) is 51.2 Å². The van der Waals surface area contributed by atoms with Crippen molar-refractivity contribution in [2.24, 2.45) is 5.92 Å². The van der Waals surface area contributed by atoms with Crippen molar-refractivity contribution >= 4 is 16.8 Å². The van der Waals surface area contributed by atoms with Crippen molar-refractivity contribution in [3.63, 3.8) is 0 Å². The average Bonchev–Trinajstić information content (AvgIpc) is 2.99. The molecule has 1 amide bonds. The van der Waals surface area contributed by atoms with Crippen LogP contribution in [0.5, 0.6) is 0 Å². The van der Waals surface area contributed by atoms with Crippen molar-refractivity contribution in [3.05, 3.63) is 30.0 Å². The molecule has 2 aromatic rings.